The number of carbonyl (C=O) groups excluding carboxylic acids is 1. The maximum Gasteiger partial charge on any atom is 0.303 e. The Morgan fingerprint density at radius 1 is 1.21 bits per heavy atom. The lowest BCUT2D eigenvalue weighted by Gasteiger charge is -2.14. The van der Waals surface area contributed by atoms with Crippen molar-refractivity contribution in [3.63, 3.8) is 0 Å². The minimum absolute atomic E-state index is 0.175. The van der Waals surface area contributed by atoms with E-state index in [1.807, 2.05) is 0 Å². The average Bonchev–Trinajstić information content (AvgIpc) is 2.99. The number of alkyl halides is 2. The standard InChI is InChI=1S/C17H18F2N8O/c1-9-5-15(24-16(21-9)17(3,18)19)23-12-6-14(22-10(2)28)20-7-11(12)13-8-27(4)26-25-13/h5-8H,1-4H3,(H2,20,21,22,23,24,28). The Bertz CT molecular complexity index is 1030. The van der Waals surface area contributed by atoms with E-state index >= 15 is 0 Å². The van der Waals surface area contributed by atoms with E-state index in [0.717, 1.165) is 6.92 Å². The summed E-state index contributed by atoms with van der Waals surface area (Å²) in [5.41, 5.74) is 1.91. The molecule has 9 nitrogen and oxygen atoms in total. The molecule has 2 N–H and O–H groups in total. The molecule has 0 spiro atoms. The van der Waals surface area contributed by atoms with Crippen LogP contribution < -0.4 is 10.6 Å². The van der Waals surface area contributed by atoms with E-state index in [2.05, 4.69) is 35.9 Å². The van der Waals surface area contributed by atoms with Gasteiger partial charge in [-0.05, 0) is 6.92 Å². The van der Waals surface area contributed by atoms with Gasteiger partial charge in [-0.2, -0.15) is 8.78 Å². The normalized spacial score (nSPS) is 11.4. The molecule has 11 heteroatoms. The Morgan fingerprint density at radius 3 is 2.57 bits per heavy atom. The molecule has 0 fully saturated rings. The number of hydrogen-bond donors (Lipinski definition) is 2. The van der Waals surface area contributed by atoms with Crippen LogP contribution in [0, 0.1) is 6.92 Å². The van der Waals surface area contributed by atoms with Gasteiger partial charge < -0.3 is 10.6 Å². The second-order valence-corrected chi connectivity index (χ2v) is 6.31. The number of aryl methyl sites for hydroxylation is 2. The summed E-state index contributed by atoms with van der Waals surface area (Å²) in [6, 6.07) is 3.10. The highest BCUT2D eigenvalue weighted by molar-refractivity contribution is 5.89. The molecule has 28 heavy (non-hydrogen) atoms. The van der Waals surface area contributed by atoms with Crippen molar-refractivity contribution in [3.8, 4) is 11.3 Å². The van der Waals surface area contributed by atoms with E-state index < -0.39 is 11.7 Å². The van der Waals surface area contributed by atoms with Gasteiger partial charge >= 0.3 is 5.92 Å². The third kappa shape index (κ3) is 4.42. The molecule has 3 aromatic heterocycles. The molecular weight excluding hydrogens is 370 g/mol. The van der Waals surface area contributed by atoms with E-state index in [9.17, 15) is 13.6 Å². The first-order valence-electron chi connectivity index (χ1n) is 8.27. The van der Waals surface area contributed by atoms with Crippen molar-refractivity contribution in [3.05, 3.63) is 36.0 Å². The number of aromatic nitrogens is 6. The molecule has 0 aliphatic heterocycles. The molecule has 0 aromatic carbocycles. The van der Waals surface area contributed by atoms with Crippen molar-refractivity contribution >= 4 is 23.2 Å². The van der Waals surface area contributed by atoms with Crippen LogP contribution in [0.2, 0.25) is 0 Å². The van der Waals surface area contributed by atoms with Gasteiger partial charge in [0.25, 0.3) is 0 Å². The number of anilines is 3. The molecule has 1 amide bonds. The molecule has 0 radical (unpaired) electrons. The number of hydrogen-bond acceptors (Lipinski definition) is 7. The zero-order valence-electron chi connectivity index (χ0n) is 15.7. The number of nitrogens with one attached hydrogen (secondary N) is 2. The number of halogens is 2. The van der Waals surface area contributed by atoms with Crippen molar-refractivity contribution in [1.82, 2.24) is 29.9 Å². The first-order valence-corrected chi connectivity index (χ1v) is 8.27. The lowest BCUT2D eigenvalue weighted by atomic mass is 10.1. The molecule has 0 atom stereocenters. The maximum atomic E-state index is 13.7. The van der Waals surface area contributed by atoms with Crippen molar-refractivity contribution in [2.24, 2.45) is 7.05 Å². The molecule has 0 aliphatic rings. The summed E-state index contributed by atoms with van der Waals surface area (Å²) in [7, 11) is 1.71. The summed E-state index contributed by atoms with van der Waals surface area (Å²) >= 11 is 0. The third-order valence-corrected chi connectivity index (χ3v) is 3.60. The van der Waals surface area contributed by atoms with Crippen LogP contribution in [0.1, 0.15) is 25.4 Å². The van der Waals surface area contributed by atoms with Crippen LogP contribution in [0.4, 0.5) is 26.1 Å². The van der Waals surface area contributed by atoms with E-state index in [1.54, 1.807) is 26.2 Å². The van der Waals surface area contributed by atoms with Gasteiger partial charge in [0, 0.05) is 50.5 Å². The topological polar surface area (TPSA) is 111 Å². The van der Waals surface area contributed by atoms with Crippen molar-refractivity contribution in [2.45, 2.75) is 26.7 Å². The molecule has 0 bridgehead atoms. The Hall–Kier alpha value is -3.50. The zero-order chi connectivity index (χ0) is 20.5. The molecule has 146 valence electrons. The highest BCUT2D eigenvalue weighted by Gasteiger charge is 2.29. The highest BCUT2D eigenvalue weighted by Crippen LogP contribution is 2.31. The summed E-state index contributed by atoms with van der Waals surface area (Å²) in [5.74, 6) is -3.61. The summed E-state index contributed by atoms with van der Waals surface area (Å²) in [6.07, 6.45) is 3.18. The largest absolute Gasteiger partial charge is 0.339 e. The Labute approximate surface area is 159 Å². The molecule has 0 saturated carbocycles. The summed E-state index contributed by atoms with van der Waals surface area (Å²) in [6.45, 7) is 3.69. The fourth-order valence-corrected chi connectivity index (χ4v) is 2.45. The first kappa shape index (κ1) is 19.3. The molecular formula is C17H18F2N8O. The number of rotatable bonds is 5. The second kappa shape index (κ2) is 7.25. The number of nitrogens with zero attached hydrogens (tertiary/aromatic N) is 6. The van der Waals surface area contributed by atoms with Crippen LogP contribution in [-0.2, 0) is 17.8 Å². The Kier molecular flexibility index (Phi) is 4.99. The fourth-order valence-electron chi connectivity index (χ4n) is 2.45. The van der Waals surface area contributed by atoms with Gasteiger partial charge in [-0.1, -0.05) is 5.21 Å². The van der Waals surface area contributed by atoms with Crippen LogP contribution in [0.15, 0.2) is 24.5 Å². The average molecular weight is 388 g/mol. The Morgan fingerprint density at radius 2 is 1.96 bits per heavy atom. The van der Waals surface area contributed by atoms with Gasteiger partial charge in [0.1, 0.15) is 17.3 Å². The van der Waals surface area contributed by atoms with E-state index in [0.29, 0.717) is 22.6 Å². The van der Waals surface area contributed by atoms with Crippen LogP contribution in [0.5, 0.6) is 0 Å². The van der Waals surface area contributed by atoms with Crippen LogP contribution >= 0.6 is 0 Å². The maximum absolute atomic E-state index is 13.7. The van der Waals surface area contributed by atoms with E-state index in [1.165, 1.54) is 23.9 Å². The number of pyridine rings is 1. The molecule has 3 aromatic rings. The molecule has 3 heterocycles. The molecule has 0 aliphatic carbocycles. The number of amides is 1. The predicted molar refractivity (Wildman–Crippen MR) is 98.2 cm³/mol. The first-order chi connectivity index (χ1) is 13.1. The van der Waals surface area contributed by atoms with Gasteiger partial charge in [-0.25, -0.2) is 15.0 Å². The fraction of sp³-hybridized carbons (Fsp3) is 0.294. The quantitative estimate of drug-likeness (QED) is 0.691. The molecule has 0 unspecified atom stereocenters. The lowest BCUT2D eigenvalue weighted by Crippen LogP contribution is -2.14. The summed E-state index contributed by atoms with van der Waals surface area (Å²) < 4.78 is 28.9. The van der Waals surface area contributed by atoms with Crippen LogP contribution in [0.3, 0.4) is 0 Å². The zero-order valence-corrected chi connectivity index (χ0v) is 15.7. The van der Waals surface area contributed by atoms with Crippen molar-refractivity contribution in [1.29, 1.82) is 0 Å². The van der Waals surface area contributed by atoms with Gasteiger partial charge in [-0.15, -0.1) is 5.10 Å². The smallest absolute Gasteiger partial charge is 0.303 e. The summed E-state index contributed by atoms with van der Waals surface area (Å²) in [4.78, 5) is 23.2. The SMILES string of the molecule is CC(=O)Nc1cc(Nc2cc(C)nc(C(C)(F)F)n2)c(-c2cn(C)nn2)cn1. The minimum Gasteiger partial charge on any atom is -0.339 e. The van der Waals surface area contributed by atoms with Crippen molar-refractivity contribution in [2.75, 3.05) is 10.6 Å². The second-order valence-electron chi connectivity index (χ2n) is 6.31. The van der Waals surface area contributed by atoms with E-state index in [4.69, 9.17) is 0 Å². The van der Waals surface area contributed by atoms with Gasteiger partial charge in [0.2, 0.25) is 11.7 Å². The molecule has 0 saturated heterocycles. The van der Waals surface area contributed by atoms with Crippen LogP contribution in [0.25, 0.3) is 11.3 Å². The van der Waals surface area contributed by atoms with Crippen molar-refractivity contribution < 1.29 is 13.6 Å². The monoisotopic (exact) mass is 388 g/mol. The predicted octanol–water partition coefficient (Wildman–Crippen LogP) is 2.79. The van der Waals surface area contributed by atoms with E-state index in [-0.39, 0.29) is 17.5 Å². The Balaban J connectivity index is 2.06. The third-order valence-electron chi connectivity index (χ3n) is 3.60. The molecule has 3 rings (SSSR count). The van der Waals surface area contributed by atoms with Gasteiger partial charge in [0.05, 0.1) is 11.9 Å². The van der Waals surface area contributed by atoms with Crippen LogP contribution in [-0.4, -0.2) is 35.9 Å². The summed E-state index contributed by atoms with van der Waals surface area (Å²) in [5, 5.41) is 13.5. The van der Waals surface area contributed by atoms with Gasteiger partial charge in [-0.3, -0.25) is 9.48 Å². The minimum atomic E-state index is -3.18. The lowest BCUT2D eigenvalue weighted by molar-refractivity contribution is -0.114. The number of carbonyl (C=O) groups is 1. The highest BCUT2D eigenvalue weighted by atomic mass is 19.3. The van der Waals surface area contributed by atoms with Gasteiger partial charge in [0.15, 0.2) is 0 Å².